The Hall–Kier alpha value is -1.84. The van der Waals surface area contributed by atoms with E-state index in [4.69, 9.17) is 0 Å². The number of benzene rings is 2. The van der Waals surface area contributed by atoms with Gasteiger partial charge in [-0.15, -0.1) is 0 Å². The number of phenols is 1. The van der Waals surface area contributed by atoms with Crippen LogP contribution in [0.3, 0.4) is 0 Å². The van der Waals surface area contributed by atoms with E-state index < -0.39 is 0 Å². The molecule has 1 saturated heterocycles. The van der Waals surface area contributed by atoms with E-state index in [-0.39, 0.29) is 0 Å². The molecule has 3 nitrogen and oxygen atoms in total. The predicted octanol–water partition coefficient (Wildman–Crippen LogP) is 4.68. The number of nitrogens with zero attached hydrogens (tertiary/aromatic N) is 1. The van der Waals surface area contributed by atoms with Crippen LogP contribution in [0.5, 0.6) is 5.75 Å². The van der Waals surface area contributed by atoms with Crippen LogP contribution in [0.4, 0.5) is 0 Å². The Labute approximate surface area is 169 Å². The monoisotopic (exact) mass is 378 g/mol. The fraction of sp³-hybridized carbons (Fsp3) is 0.520. The summed E-state index contributed by atoms with van der Waals surface area (Å²) < 4.78 is 0. The Morgan fingerprint density at radius 1 is 1.04 bits per heavy atom. The van der Waals surface area contributed by atoms with E-state index in [0.717, 1.165) is 44.7 Å². The summed E-state index contributed by atoms with van der Waals surface area (Å²) in [6, 6.07) is 15.3. The molecule has 0 radical (unpaired) electrons. The lowest BCUT2D eigenvalue weighted by Crippen LogP contribution is -2.41. The number of piperidine rings is 1. The first-order valence-corrected chi connectivity index (χ1v) is 11.0. The number of rotatable bonds is 5. The van der Waals surface area contributed by atoms with E-state index in [1.807, 2.05) is 6.07 Å². The van der Waals surface area contributed by atoms with Gasteiger partial charge in [-0.3, -0.25) is 4.90 Å². The van der Waals surface area contributed by atoms with Crippen LogP contribution in [0, 0.1) is 5.41 Å². The topological polar surface area (TPSA) is 35.5 Å². The van der Waals surface area contributed by atoms with Crippen molar-refractivity contribution in [1.29, 1.82) is 0 Å². The minimum atomic E-state index is 0.297. The minimum Gasteiger partial charge on any atom is -0.508 e. The van der Waals surface area contributed by atoms with Gasteiger partial charge in [0.2, 0.25) is 0 Å². The van der Waals surface area contributed by atoms with Crippen molar-refractivity contribution in [3.63, 3.8) is 0 Å². The molecule has 2 N–H and O–H groups in total. The van der Waals surface area contributed by atoms with Crippen LogP contribution in [-0.4, -0.2) is 36.2 Å². The van der Waals surface area contributed by atoms with E-state index in [1.54, 1.807) is 0 Å². The maximum Gasteiger partial charge on any atom is 0.119 e. The zero-order chi connectivity index (χ0) is 19.6. The van der Waals surface area contributed by atoms with Gasteiger partial charge in [-0.25, -0.2) is 0 Å². The van der Waals surface area contributed by atoms with Crippen molar-refractivity contribution in [2.24, 2.45) is 5.41 Å². The van der Waals surface area contributed by atoms with E-state index in [0.29, 0.717) is 17.1 Å². The zero-order valence-corrected chi connectivity index (χ0v) is 17.4. The molecule has 1 heterocycles. The quantitative estimate of drug-likeness (QED) is 0.793. The van der Waals surface area contributed by atoms with Crippen molar-refractivity contribution in [3.8, 4) is 5.75 Å². The standard InChI is InChI=1S/C25H34N2O/c1-3-27(4-2)18-19-9-10-22(24(28)15-19)23-17-25(11-13-26-14-12-25)16-20-7-5-6-8-21(20)23/h5-10,15,23,26,28H,3-4,11-14,16-18H2,1-2H3. The SMILES string of the molecule is CCN(CC)Cc1ccc(C2CC3(CCNCC3)Cc3ccccc32)c(O)c1. The molecule has 1 aliphatic carbocycles. The molecular formula is C25H34N2O. The van der Waals surface area contributed by atoms with E-state index in [1.165, 1.54) is 36.0 Å². The molecule has 1 fully saturated rings. The second kappa shape index (κ2) is 8.26. The van der Waals surface area contributed by atoms with Crippen molar-refractivity contribution in [2.75, 3.05) is 26.2 Å². The van der Waals surface area contributed by atoms with Gasteiger partial charge in [-0.05, 0) is 80.0 Å². The molecule has 4 rings (SSSR count). The molecule has 1 aliphatic heterocycles. The van der Waals surface area contributed by atoms with Gasteiger partial charge in [0, 0.05) is 18.0 Å². The van der Waals surface area contributed by atoms with Crippen LogP contribution < -0.4 is 5.32 Å². The van der Waals surface area contributed by atoms with Gasteiger partial charge in [-0.2, -0.15) is 0 Å². The molecule has 3 heteroatoms. The Bertz CT molecular complexity index is 806. The number of hydrogen-bond acceptors (Lipinski definition) is 3. The van der Waals surface area contributed by atoms with Gasteiger partial charge < -0.3 is 10.4 Å². The van der Waals surface area contributed by atoms with E-state index in [2.05, 4.69) is 60.5 Å². The van der Waals surface area contributed by atoms with Gasteiger partial charge in [-0.1, -0.05) is 50.2 Å². The molecule has 1 atom stereocenters. The second-order valence-corrected chi connectivity index (χ2v) is 8.74. The Balaban J connectivity index is 1.67. The van der Waals surface area contributed by atoms with Crippen molar-refractivity contribution in [1.82, 2.24) is 10.2 Å². The molecule has 2 aromatic carbocycles. The third-order valence-corrected chi connectivity index (χ3v) is 7.07. The third-order valence-electron chi connectivity index (χ3n) is 7.07. The molecule has 28 heavy (non-hydrogen) atoms. The van der Waals surface area contributed by atoms with Gasteiger partial charge in [0.05, 0.1) is 0 Å². The van der Waals surface area contributed by atoms with Crippen molar-refractivity contribution in [3.05, 3.63) is 64.7 Å². The van der Waals surface area contributed by atoms with Crippen LogP contribution in [0.1, 0.15) is 61.3 Å². The van der Waals surface area contributed by atoms with Crippen molar-refractivity contribution in [2.45, 2.75) is 52.0 Å². The third kappa shape index (κ3) is 3.83. The molecule has 0 bridgehead atoms. The van der Waals surface area contributed by atoms with E-state index in [9.17, 15) is 5.11 Å². The molecule has 1 unspecified atom stereocenters. The average molecular weight is 379 g/mol. The Morgan fingerprint density at radius 3 is 2.50 bits per heavy atom. The first kappa shape index (κ1) is 19.5. The first-order chi connectivity index (χ1) is 13.6. The summed E-state index contributed by atoms with van der Waals surface area (Å²) in [5.41, 5.74) is 5.57. The predicted molar refractivity (Wildman–Crippen MR) is 116 cm³/mol. The number of fused-ring (bicyclic) bond motifs is 1. The summed E-state index contributed by atoms with van der Waals surface area (Å²) in [6.07, 6.45) is 4.80. The van der Waals surface area contributed by atoms with Gasteiger partial charge in [0.1, 0.15) is 5.75 Å². The molecule has 2 aliphatic rings. The maximum absolute atomic E-state index is 11.0. The van der Waals surface area contributed by atoms with Crippen LogP contribution in [0.2, 0.25) is 0 Å². The van der Waals surface area contributed by atoms with E-state index >= 15 is 0 Å². The van der Waals surface area contributed by atoms with Crippen molar-refractivity contribution >= 4 is 0 Å². The number of hydrogen-bond donors (Lipinski definition) is 2. The molecule has 0 amide bonds. The normalized spacial score (nSPS) is 21.0. The van der Waals surface area contributed by atoms with Gasteiger partial charge in [0.25, 0.3) is 0 Å². The smallest absolute Gasteiger partial charge is 0.119 e. The molecule has 2 aromatic rings. The van der Waals surface area contributed by atoms with Gasteiger partial charge >= 0.3 is 0 Å². The molecular weight excluding hydrogens is 344 g/mol. The highest BCUT2D eigenvalue weighted by Gasteiger charge is 2.40. The lowest BCUT2D eigenvalue weighted by molar-refractivity contribution is 0.163. The largest absolute Gasteiger partial charge is 0.508 e. The summed E-state index contributed by atoms with van der Waals surface area (Å²) in [6.45, 7) is 9.58. The number of aromatic hydroxyl groups is 1. The lowest BCUT2D eigenvalue weighted by Gasteiger charge is -2.45. The van der Waals surface area contributed by atoms with Crippen LogP contribution in [0.15, 0.2) is 42.5 Å². The fourth-order valence-corrected chi connectivity index (χ4v) is 5.36. The Morgan fingerprint density at radius 2 is 1.79 bits per heavy atom. The lowest BCUT2D eigenvalue weighted by atomic mass is 9.61. The highest BCUT2D eigenvalue weighted by molar-refractivity contribution is 5.47. The summed E-state index contributed by atoms with van der Waals surface area (Å²) in [5, 5.41) is 14.5. The molecule has 1 spiro atoms. The summed E-state index contributed by atoms with van der Waals surface area (Å²) >= 11 is 0. The van der Waals surface area contributed by atoms with Gasteiger partial charge in [0.15, 0.2) is 0 Å². The average Bonchev–Trinajstić information content (AvgIpc) is 2.72. The van der Waals surface area contributed by atoms with Crippen LogP contribution in [-0.2, 0) is 13.0 Å². The molecule has 0 aromatic heterocycles. The summed E-state index contributed by atoms with van der Waals surface area (Å²) in [5.74, 6) is 0.765. The molecule has 0 saturated carbocycles. The fourth-order valence-electron chi connectivity index (χ4n) is 5.36. The first-order valence-electron chi connectivity index (χ1n) is 11.0. The number of nitrogens with one attached hydrogen (secondary N) is 1. The maximum atomic E-state index is 11.0. The zero-order valence-electron chi connectivity index (χ0n) is 17.4. The minimum absolute atomic E-state index is 0.297. The summed E-state index contributed by atoms with van der Waals surface area (Å²) in [7, 11) is 0. The van der Waals surface area contributed by atoms with Crippen LogP contribution in [0.25, 0.3) is 0 Å². The molecule has 150 valence electrons. The van der Waals surface area contributed by atoms with Crippen molar-refractivity contribution < 1.29 is 5.11 Å². The second-order valence-electron chi connectivity index (χ2n) is 8.74. The highest BCUT2D eigenvalue weighted by Crippen LogP contribution is 2.51. The highest BCUT2D eigenvalue weighted by atomic mass is 16.3. The Kier molecular flexibility index (Phi) is 5.75. The summed E-state index contributed by atoms with van der Waals surface area (Å²) in [4.78, 5) is 2.38. The number of phenolic OH excluding ortho intramolecular Hbond substituents is 1. The van der Waals surface area contributed by atoms with Crippen LogP contribution >= 0.6 is 0 Å².